The summed E-state index contributed by atoms with van der Waals surface area (Å²) in [6, 6.07) is 7.98. The van der Waals surface area contributed by atoms with Gasteiger partial charge in [-0.1, -0.05) is 44.5 Å². The highest BCUT2D eigenvalue weighted by atomic mass is 35.5. The van der Waals surface area contributed by atoms with Gasteiger partial charge >= 0.3 is 0 Å². The minimum atomic E-state index is 0.128. The normalized spacial score (nSPS) is 13.9. The zero-order valence-corrected chi connectivity index (χ0v) is 10.3. The van der Waals surface area contributed by atoms with Gasteiger partial charge in [0.15, 0.2) is 0 Å². The second kappa shape index (κ2) is 4.97. The maximum absolute atomic E-state index is 5.86. The molecule has 0 aliphatic rings. The molecular formula is C12H19ClN2. The summed E-state index contributed by atoms with van der Waals surface area (Å²) in [5.74, 6) is 5.62. The van der Waals surface area contributed by atoms with Crippen LogP contribution in [-0.2, 0) is 0 Å². The zero-order valence-electron chi connectivity index (χ0n) is 9.55. The molecule has 0 heterocycles. The Kier molecular flexibility index (Phi) is 4.14. The summed E-state index contributed by atoms with van der Waals surface area (Å²) in [6.07, 6.45) is 1.06. The Morgan fingerprint density at radius 1 is 1.33 bits per heavy atom. The van der Waals surface area contributed by atoms with Gasteiger partial charge in [-0.2, -0.15) is 0 Å². The van der Waals surface area contributed by atoms with E-state index < -0.39 is 0 Å². The van der Waals surface area contributed by atoms with Crippen LogP contribution in [0.1, 0.15) is 38.8 Å². The Morgan fingerprint density at radius 2 is 1.87 bits per heavy atom. The van der Waals surface area contributed by atoms with Crippen LogP contribution in [0.5, 0.6) is 0 Å². The monoisotopic (exact) mass is 226 g/mol. The van der Waals surface area contributed by atoms with Gasteiger partial charge in [-0.25, -0.2) is 0 Å². The van der Waals surface area contributed by atoms with E-state index in [0.29, 0.717) is 0 Å². The van der Waals surface area contributed by atoms with Crippen LogP contribution in [0, 0.1) is 5.41 Å². The van der Waals surface area contributed by atoms with Crippen molar-refractivity contribution in [3.05, 3.63) is 34.9 Å². The second-order valence-corrected chi connectivity index (χ2v) is 4.93. The Labute approximate surface area is 96.8 Å². The molecule has 15 heavy (non-hydrogen) atoms. The van der Waals surface area contributed by atoms with Gasteiger partial charge in [0.2, 0.25) is 0 Å². The third-order valence-electron chi connectivity index (χ3n) is 3.06. The van der Waals surface area contributed by atoms with Crippen LogP contribution in [0.15, 0.2) is 24.3 Å². The van der Waals surface area contributed by atoms with Gasteiger partial charge in [0.05, 0.1) is 6.04 Å². The van der Waals surface area contributed by atoms with Gasteiger partial charge in [0, 0.05) is 5.02 Å². The third kappa shape index (κ3) is 2.94. The van der Waals surface area contributed by atoms with E-state index in [1.54, 1.807) is 0 Å². The van der Waals surface area contributed by atoms with Crippen molar-refractivity contribution in [3.63, 3.8) is 0 Å². The van der Waals surface area contributed by atoms with E-state index in [-0.39, 0.29) is 11.5 Å². The molecule has 1 aromatic rings. The van der Waals surface area contributed by atoms with E-state index in [4.69, 9.17) is 17.4 Å². The van der Waals surface area contributed by atoms with Crippen molar-refractivity contribution in [2.24, 2.45) is 11.3 Å². The highest BCUT2D eigenvalue weighted by Gasteiger charge is 2.27. The maximum atomic E-state index is 5.86. The fourth-order valence-corrected chi connectivity index (χ4v) is 1.76. The lowest BCUT2D eigenvalue weighted by molar-refractivity contribution is 0.236. The predicted octanol–water partition coefficient (Wildman–Crippen LogP) is 3.28. The Balaban J connectivity index is 2.97. The fourth-order valence-electron chi connectivity index (χ4n) is 1.63. The fraction of sp³-hybridized carbons (Fsp3) is 0.500. The largest absolute Gasteiger partial charge is 0.271 e. The Bertz CT molecular complexity index is 306. The van der Waals surface area contributed by atoms with Gasteiger partial charge in [-0.05, 0) is 29.5 Å². The van der Waals surface area contributed by atoms with Gasteiger partial charge in [0.1, 0.15) is 0 Å². The van der Waals surface area contributed by atoms with Crippen LogP contribution in [0.2, 0.25) is 5.02 Å². The average molecular weight is 227 g/mol. The van der Waals surface area contributed by atoms with Gasteiger partial charge in [-0.3, -0.25) is 11.3 Å². The van der Waals surface area contributed by atoms with Crippen molar-refractivity contribution >= 4 is 11.6 Å². The summed E-state index contributed by atoms with van der Waals surface area (Å²) in [7, 11) is 0. The highest BCUT2D eigenvalue weighted by molar-refractivity contribution is 6.30. The van der Waals surface area contributed by atoms with E-state index in [9.17, 15) is 0 Å². The van der Waals surface area contributed by atoms with E-state index >= 15 is 0 Å². The topological polar surface area (TPSA) is 38.0 Å². The molecule has 84 valence electrons. The third-order valence-corrected chi connectivity index (χ3v) is 3.31. The first-order chi connectivity index (χ1) is 7.01. The molecule has 1 atom stereocenters. The smallest absolute Gasteiger partial charge is 0.0510 e. The van der Waals surface area contributed by atoms with Crippen LogP contribution in [0.3, 0.4) is 0 Å². The standard InChI is InChI=1S/C12H19ClN2/c1-4-12(2,3)11(15-14)9-5-7-10(13)8-6-9/h5-8,11,15H,4,14H2,1-3H3. The number of halogens is 1. The van der Waals surface area contributed by atoms with Crippen LogP contribution in [-0.4, -0.2) is 0 Å². The summed E-state index contributed by atoms with van der Waals surface area (Å²) < 4.78 is 0. The lowest BCUT2D eigenvalue weighted by Gasteiger charge is -2.33. The summed E-state index contributed by atoms with van der Waals surface area (Å²) in [5.41, 5.74) is 4.19. The van der Waals surface area contributed by atoms with Crippen molar-refractivity contribution in [1.82, 2.24) is 5.43 Å². The molecule has 0 bridgehead atoms. The minimum absolute atomic E-state index is 0.128. The van der Waals surface area contributed by atoms with Crippen LogP contribution >= 0.6 is 11.6 Å². The van der Waals surface area contributed by atoms with Crippen LogP contribution in [0.25, 0.3) is 0 Å². The lowest BCUT2D eigenvalue weighted by atomic mass is 9.79. The molecule has 0 saturated carbocycles. The summed E-state index contributed by atoms with van der Waals surface area (Å²) in [6.45, 7) is 6.57. The highest BCUT2D eigenvalue weighted by Crippen LogP contribution is 2.35. The SMILES string of the molecule is CCC(C)(C)C(NN)c1ccc(Cl)cc1. The molecular weight excluding hydrogens is 208 g/mol. The molecule has 0 spiro atoms. The van der Waals surface area contributed by atoms with Gasteiger partial charge in [0.25, 0.3) is 0 Å². The number of hydrogen-bond donors (Lipinski definition) is 2. The molecule has 0 amide bonds. The molecule has 1 rings (SSSR count). The number of benzene rings is 1. The summed E-state index contributed by atoms with van der Waals surface area (Å²) in [5, 5.41) is 0.754. The molecule has 1 unspecified atom stereocenters. The van der Waals surface area contributed by atoms with Crippen LogP contribution < -0.4 is 11.3 Å². The summed E-state index contributed by atoms with van der Waals surface area (Å²) in [4.78, 5) is 0. The lowest BCUT2D eigenvalue weighted by Crippen LogP contribution is -2.38. The van der Waals surface area contributed by atoms with Crippen molar-refractivity contribution in [2.45, 2.75) is 33.2 Å². The Hall–Kier alpha value is -0.570. The minimum Gasteiger partial charge on any atom is -0.271 e. The average Bonchev–Trinajstić information content (AvgIpc) is 2.22. The molecule has 0 radical (unpaired) electrons. The van der Waals surface area contributed by atoms with Crippen molar-refractivity contribution in [3.8, 4) is 0 Å². The zero-order chi connectivity index (χ0) is 11.5. The van der Waals surface area contributed by atoms with Crippen molar-refractivity contribution < 1.29 is 0 Å². The van der Waals surface area contributed by atoms with Gasteiger partial charge < -0.3 is 0 Å². The van der Waals surface area contributed by atoms with Gasteiger partial charge in [-0.15, -0.1) is 0 Å². The number of nitrogens with two attached hydrogens (primary N) is 1. The second-order valence-electron chi connectivity index (χ2n) is 4.49. The number of nitrogens with one attached hydrogen (secondary N) is 1. The van der Waals surface area contributed by atoms with E-state index in [1.807, 2.05) is 24.3 Å². The summed E-state index contributed by atoms with van der Waals surface area (Å²) >= 11 is 5.86. The first-order valence-electron chi connectivity index (χ1n) is 5.23. The molecule has 0 fully saturated rings. The quantitative estimate of drug-likeness (QED) is 0.611. The number of hydrazine groups is 1. The molecule has 1 aromatic carbocycles. The first-order valence-corrected chi connectivity index (χ1v) is 5.60. The van der Waals surface area contributed by atoms with Crippen LogP contribution in [0.4, 0.5) is 0 Å². The molecule has 3 N–H and O–H groups in total. The molecule has 0 aliphatic heterocycles. The van der Waals surface area contributed by atoms with Crippen molar-refractivity contribution in [1.29, 1.82) is 0 Å². The Morgan fingerprint density at radius 3 is 2.27 bits per heavy atom. The molecule has 0 aromatic heterocycles. The molecule has 3 heteroatoms. The maximum Gasteiger partial charge on any atom is 0.0510 e. The first kappa shape index (κ1) is 12.5. The van der Waals surface area contributed by atoms with E-state index in [2.05, 4.69) is 26.2 Å². The number of hydrogen-bond acceptors (Lipinski definition) is 2. The number of rotatable bonds is 4. The van der Waals surface area contributed by atoms with E-state index in [0.717, 1.165) is 11.4 Å². The molecule has 0 saturated heterocycles. The predicted molar refractivity (Wildman–Crippen MR) is 65.6 cm³/mol. The molecule has 0 aliphatic carbocycles. The molecule has 2 nitrogen and oxygen atoms in total. The van der Waals surface area contributed by atoms with Crippen molar-refractivity contribution in [2.75, 3.05) is 0 Å². The van der Waals surface area contributed by atoms with E-state index in [1.165, 1.54) is 5.56 Å².